The second kappa shape index (κ2) is 7.56. The van der Waals surface area contributed by atoms with Gasteiger partial charge in [0.2, 0.25) is 6.39 Å². The molecule has 3 aromatic rings. The highest BCUT2D eigenvalue weighted by molar-refractivity contribution is 5.96. The third-order valence-corrected chi connectivity index (χ3v) is 3.55. The molecule has 2 heterocycles. The molecule has 0 bridgehead atoms. The maximum atomic E-state index is 12.2. The third-order valence-electron chi connectivity index (χ3n) is 3.55. The molecule has 3 rings (SSSR count). The summed E-state index contributed by atoms with van der Waals surface area (Å²) in [6.45, 7) is 1.79. The Morgan fingerprint density at radius 3 is 2.85 bits per heavy atom. The molecule has 0 aliphatic heterocycles. The largest absolute Gasteiger partial charge is 0.491 e. The molecule has 11 heteroatoms. The molecule has 11 nitrogen and oxygen atoms in total. The summed E-state index contributed by atoms with van der Waals surface area (Å²) in [5, 5.41) is 10.1. The van der Waals surface area contributed by atoms with Crippen LogP contribution in [-0.4, -0.2) is 38.7 Å². The van der Waals surface area contributed by atoms with Gasteiger partial charge < -0.3 is 25.2 Å². The first-order valence-electron chi connectivity index (χ1n) is 7.87. The third kappa shape index (κ3) is 4.03. The highest BCUT2D eigenvalue weighted by atomic mass is 16.5. The number of amides is 1. The number of ether oxygens (including phenoxy) is 1. The molecule has 0 fully saturated rings. The summed E-state index contributed by atoms with van der Waals surface area (Å²) in [6, 6.07) is 6.59. The van der Waals surface area contributed by atoms with E-state index < -0.39 is 23.2 Å². The fraction of sp³-hybridized carbons (Fsp3) is 0.188. The van der Waals surface area contributed by atoms with Crippen LogP contribution in [-0.2, 0) is 0 Å². The van der Waals surface area contributed by atoms with Crippen LogP contribution in [0.15, 0.2) is 44.7 Å². The molecule has 1 aromatic carbocycles. The number of nitrogens with one attached hydrogen (secondary N) is 3. The van der Waals surface area contributed by atoms with E-state index in [9.17, 15) is 14.4 Å². The normalized spacial score (nSPS) is 11.7. The van der Waals surface area contributed by atoms with Crippen molar-refractivity contribution in [2.45, 2.75) is 13.0 Å². The van der Waals surface area contributed by atoms with E-state index in [1.54, 1.807) is 31.2 Å². The van der Waals surface area contributed by atoms with E-state index in [-0.39, 0.29) is 18.0 Å². The average molecular weight is 372 g/mol. The van der Waals surface area contributed by atoms with Crippen molar-refractivity contribution in [1.29, 1.82) is 0 Å². The van der Waals surface area contributed by atoms with Gasteiger partial charge in [0.15, 0.2) is 0 Å². The zero-order chi connectivity index (χ0) is 19.4. The summed E-state index contributed by atoms with van der Waals surface area (Å²) in [4.78, 5) is 39.2. The predicted octanol–water partition coefficient (Wildman–Crippen LogP) is -0.107. The van der Waals surface area contributed by atoms with Crippen molar-refractivity contribution >= 4 is 11.6 Å². The average Bonchev–Trinajstić information content (AvgIpc) is 3.17. The number of hydrogen-bond donors (Lipinski definition) is 4. The van der Waals surface area contributed by atoms with Gasteiger partial charge in [-0.15, -0.1) is 10.2 Å². The minimum absolute atomic E-state index is 0.101. The zero-order valence-electron chi connectivity index (χ0n) is 14.2. The lowest BCUT2D eigenvalue weighted by atomic mass is 10.2. The number of carbonyl (C=O) groups is 1. The standard InChI is InChI=1S/C16H16N6O5/c1-8(19-14(24)12-11(17)13(23)21-16(25)20-12)6-26-10-5-3-2-4-9(10)15-22-18-7-27-15/h2-5,7-8H,6,17H2,1H3,(H,19,24)(H2,20,21,23,25). The van der Waals surface area contributed by atoms with Crippen LogP contribution in [0.3, 0.4) is 0 Å². The Hall–Kier alpha value is -3.89. The van der Waals surface area contributed by atoms with Crippen molar-refractivity contribution in [3.63, 3.8) is 0 Å². The Kier molecular flexibility index (Phi) is 5.01. The summed E-state index contributed by atoms with van der Waals surface area (Å²) >= 11 is 0. The number of nitrogen functional groups attached to an aromatic ring is 1. The number of aromatic amines is 2. The molecule has 1 amide bonds. The van der Waals surface area contributed by atoms with Crippen molar-refractivity contribution in [3.05, 3.63) is 57.2 Å². The molecule has 0 saturated heterocycles. The highest BCUT2D eigenvalue weighted by Gasteiger charge is 2.17. The number of aromatic nitrogens is 4. The van der Waals surface area contributed by atoms with E-state index in [0.717, 1.165) is 0 Å². The number of hydrogen-bond acceptors (Lipinski definition) is 8. The zero-order valence-corrected chi connectivity index (χ0v) is 14.2. The predicted molar refractivity (Wildman–Crippen MR) is 94.3 cm³/mol. The second-order valence-electron chi connectivity index (χ2n) is 5.62. The number of para-hydroxylation sites is 1. The monoisotopic (exact) mass is 372 g/mol. The van der Waals surface area contributed by atoms with E-state index in [2.05, 4.69) is 20.5 Å². The van der Waals surface area contributed by atoms with Crippen LogP contribution in [0, 0.1) is 0 Å². The van der Waals surface area contributed by atoms with Gasteiger partial charge in [-0.2, -0.15) is 0 Å². The highest BCUT2D eigenvalue weighted by Crippen LogP contribution is 2.27. The Morgan fingerprint density at radius 2 is 2.11 bits per heavy atom. The molecule has 1 atom stereocenters. The van der Waals surface area contributed by atoms with Crippen LogP contribution >= 0.6 is 0 Å². The number of H-pyrrole nitrogens is 2. The maximum Gasteiger partial charge on any atom is 0.326 e. The number of nitrogens with zero attached hydrogens (tertiary/aromatic N) is 2. The maximum absolute atomic E-state index is 12.2. The van der Waals surface area contributed by atoms with E-state index in [0.29, 0.717) is 17.2 Å². The number of carbonyl (C=O) groups excluding carboxylic acids is 1. The van der Waals surface area contributed by atoms with E-state index in [1.165, 1.54) is 6.39 Å². The Labute approximate surface area is 151 Å². The van der Waals surface area contributed by atoms with Crippen LogP contribution in [0.25, 0.3) is 11.5 Å². The van der Waals surface area contributed by atoms with Gasteiger partial charge in [0.1, 0.15) is 23.7 Å². The first-order valence-corrected chi connectivity index (χ1v) is 7.87. The van der Waals surface area contributed by atoms with Crippen LogP contribution in [0.4, 0.5) is 5.69 Å². The van der Waals surface area contributed by atoms with Crippen molar-refractivity contribution < 1.29 is 13.9 Å². The smallest absolute Gasteiger partial charge is 0.326 e. The van der Waals surface area contributed by atoms with Gasteiger partial charge in [-0.1, -0.05) is 12.1 Å². The van der Waals surface area contributed by atoms with Crippen molar-refractivity contribution in [1.82, 2.24) is 25.5 Å². The van der Waals surface area contributed by atoms with Gasteiger partial charge in [0.05, 0.1) is 11.6 Å². The van der Waals surface area contributed by atoms with Crippen LogP contribution in [0.5, 0.6) is 5.75 Å². The molecular formula is C16H16N6O5. The lowest BCUT2D eigenvalue weighted by molar-refractivity contribution is 0.0922. The van der Waals surface area contributed by atoms with Gasteiger partial charge in [-0.05, 0) is 19.1 Å². The summed E-state index contributed by atoms with van der Waals surface area (Å²) in [7, 11) is 0. The summed E-state index contributed by atoms with van der Waals surface area (Å²) in [6.07, 6.45) is 1.21. The van der Waals surface area contributed by atoms with Gasteiger partial charge in [-0.3, -0.25) is 14.6 Å². The molecule has 0 aliphatic carbocycles. The van der Waals surface area contributed by atoms with E-state index >= 15 is 0 Å². The molecule has 5 N–H and O–H groups in total. The summed E-state index contributed by atoms with van der Waals surface area (Å²) in [5.41, 5.74) is 3.81. The van der Waals surface area contributed by atoms with Gasteiger partial charge in [-0.25, -0.2) is 4.79 Å². The lowest BCUT2D eigenvalue weighted by Gasteiger charge is -2.16. The molecule has 0 aliphatic rings. The SMILES string of the molecule is CC(COc1ccccc1-c1nnco1)NC(=O)c1[nH]c(=O)[nH]c(=O)c1N. The van der Waals surface area contributed by atoms with E-state index in [1.807, 2.05) is 4.98 Å². The molecule has 140 valence electrons. The topological polar surface area (TPSA) is 169 Å². The van der Waals surface area contributed by atoms with Gasteiger partial charge >= 0.3 is 5.69 Å². The molecule has 1 unspecified atom stereocenters. The van der Waals surface area contributed by atoms with Crippen LogP contribution < -0.4 is 27.0 Å². The quantitative estimate of drug-likeness (QED) is 0.464. The molecule has 0 radical (unpaired) electrons. The Balaban J connectivity index is 1.68. The van der Waals surface area contributed by atoms with Crippen LogP contribution in [0.2, 0.25) is 0 Å². The molecule has 0 saturated carbocycles. The molecule has 2 aromatic heterocycles. The number of nitrogens with two attached hydrogens (primary N) is 1. The summed E-state index contributed by atoms with van der Waals surface area (Å²) in [5.74, 6) is 0.0973. The minimum atomic E-state index is -0.832. The number of rotatable bonds is 6. The molecular weight excluding hydrogens is 356 g/mol. The molecule has 27 heavy (non-hydrogen) atoms. The fourth-order valence-electron chi connectivity index (χ4n) is 2.29. The van der Waals surface area contributed by atoms with Gasteiger partial charge in [0, 0.05) is 0 Å². The van der Waals surface area contributed by atoms with Crippen molar-refractivity contribution in [2.24, 2.45) is 0 Å². The molecule has 0 spiro atoms. The van der Waals surface area contributed by atoms with Crippen molar-refractivity contribution in [2.75, 3.05) is 12.3 Å². The minimum Gasteiger partial charge on any atom is -0.491 e. The van der Waals surface area contributed by atoms with Crippen molar-refractivity contribution in [3.8, 4) is 17.2 Å². The Bertz CT molecular complexity index is 1060. The van der Waals surface area contributed by atoms with Crippen LogP contribution in [0.1, 0.15) is 17.4 Å². The number of benzene rings is 1. The fourth-order valence-corrected chi connectivity index (χ4v) is 2.29. The first-order chi connectivity index (χ1) is 13.0. The Morgan fingerprint density at radius 1 is 1.33 bits per heavy atom. The van der Waals surface area contributed by atoms with E-state index in [4.69, 9.17) is 14.9 Å². The lowest BCUT2D eigenvalue weighted by Crippen LogP contribution is -2.40. The van der Waals surface area contributed by atoms with Gasteiger partial charge in [0.25, 0.3) is 17.4 Å². The summed E-state index contributed by atoms with van der Waals surface area (Å²) < 4.78 is 10.9. The number of anilines is 1. The first kappa shape index (κ1) is 17.9. The second-order valence-corrected chi connectivity index (χ2v) is 5.62.